The number of rotatable bonds is 10. The first-order chi connectivity index (χ1) is 13.5. The quantitative estimate of drug-likeness (QED) is 0.308. The maximum atomic E-state index is 12.2. The first-order valence-electron chi connectivity index (χ1n) is 9.18. The van der Waals surface area contributed by atoms with Crippen molar-refractivity contribution in [3.05, 3.63) is 52.0 Å². The SMILES string of the molecule is CCCCCCOc1ccc(C(=O)N/N=C/c2cc(Br)c(O)c(OC)c2)cc1. The molecule has 0 spiro atoms. The lowest BCUT2D eigenvalue weighted by atomic mass is 10.2. The number of unbranched alkanes of at least 4 members (excludes halogenated alkanes) is 3. The molecule has 0 aromatic heterocycles. The lowest BCUT2D eigenvalue weighted by Gasteiger charge is -2.07. The molecule has 0 atom stereocenters. The van der Waals surface area contributed by atoms with E-state index in [1.165, 1.54) is 32.6 Å². The second-order valence-electron chi connectivity index (χ2n) is 6.19. The van der Waals surface area contributed by atoms with Crippen molar-refractivity contribution in [3.8, 4) is 17.2 Å². The summed E-state index contributed by atoms with van der Waals surface area (Å²) < 4.78 is 11.2. The molecule has 2 aromatic carbocycles. The maximum absolute atomic E-state index is 12.2. The Kier molecular flexibility index (Phi) is 8.81. The molecule has 0 aliphatic heterocycles. The van der Waals surface area contributed by atoms with Gasteiger partial charge in [0.1, 0.15) is 5.75 Å². The van der Waals surface area contributed by atoms with Crippen LogP contribution in [0.15, 0.2) is 46.0 Å². The Morgan fingerprint density at radius 3 is 2.64 bits per heavy atom. The van der Waals surface area contributed by atoms with Crippen LogP contribution in [0.4, 0.5) is 0 Å². The second-order valence-corrected chi connectivity index (χ2v) is 7.04. The number of hydrogen-bond acceptors (Lipinski definition) is 5. The molecule has 2 rings (SSSR count). The first kappa shape index (κ1) is 21.8. The van der Waals surface area contributed by atoms with Gasteiger partial charge in [-0.15, -0.1) is 0 Å². The molecule has 0 aliphatic carbocycles. The fourth-order valence-corrected chi connectivity index (χ4v) is 2.94. The number of nitrogens with one attached hydrogen (secondary N) is 1. The summed E-state index contributed by atoms with van der Waals surface area (Å²) in [7, 11) is 1.46. The highest BCUT2D eigenvalue weighted by Gasteiger charge is 2.08. The fourth-order valence-electron chi connectivity index (χ4n) is 2.48. The van der Waals surface area contributed by atoms with Crippen molar-refractivity contribution in [3.63, 3.8) is 0 Å². The van der Waals surface area contributed by atoms with E-state index in [1.807, 2.05) is 0 Å². The third-order valence-corrected chi connectivity index (χ3v) is 4.64. The number of ether oxygens (including phenoxy) is 2. The number of methoxy groups -OCH3 is 1. The molecule has 0 radical (unpaired) electrons. The zero-order valence-corrected chi connectivity index (χ0v) is 17.7. The molecule has 0 aliphatic rings. The number of hydrazone groups is 1. The van der Waals surface area contributed by atoms with E-state index in [4.69, 9.17) is 9.47 Å². The number of phenolic OH excluding ortho intramolecular Hbond substituents is 1. The van der Waals surface area contributed by atoms with Crippen molar-refractivity contribution in [2.45, 2.75) is 32.6 Å². The summed E-state index contributed by atoms with van der Waals surface area (Å²) in [5, 5.41) is 13.8. The zero-order chi connectivity index (χ0) is 20.4. The number of hydrogen-bond donors (Lipinski definition) is 2. The first-order valence-corrected chi connectivity index (χ1v) is 9.97. The van der Waals surface area contributed by atoms with Crippen LogP contribution in [0.3, 0.4) is 0 Å². The molecule has 7 heteroatoms. The number of aromatic hydroxyl groups is 1. The maximum Gasteiger partial charge on any atom is 0.271 e. The van der Waals surface area contributed by atoms with Gasteiger partial charge in [-0.3, -0.25) is 4.79 Å². The molecule has 1 amide bonds. The summed E-state index contributed by atoms with van der Waals surface area (Å²) in [4.78, 5) is 12.2. The van der Waals surface area contributed by atoms with Crippen molar-refractivity contribution >= 4 is 28.1 Å². The lowest BCUT2D eigenvalue weighted by molar-refractivity contribution is 0.0955. The highest BCUT2D eigenvalue weighted by molar-refractivity contribution is 9.10. The average molecular weight is 449 g/mol. The van der Waals surface area contributed by atoms with Crippen LogP contribution in [0.25, 0.3) is 0 Å². The highest BCUT2D eigenvalue weighted by atomic mass is 79.9. The third-order valence-electron chi connectivity index (χ3n) is 4.03. The number of phenols is 1. The smallest absolute Gasteiger partial charge is 0.271 e. The third kappa shape index (κ3) is 6.56. The Morgan fingerprint density at radius 1 is 1.21 bits per heavy atom. The molecule has 0 fully saturated rings. The summed E-state index contributed by atoms with van der Waals surface area (Å²) in [6.45, 7) is 2.86. The Morgan fingerprint density at radius 2 is 1.96 bits per heavy atom. The van der Waals surface area contributed by atoms with E-state index < -0.39 is 0 Å². The van der Waals surface area contributed by atoms with Gasteiger partial charge in [-0.1, -0.05) is 26.2 Å². The summed E-state index contributed by atoms with van der Waals surface area (Å²) in [6.07, 6.45) is 6.08. The van der Waals surface area contributed by atoms with Gasteiger partial charge in [0.15, 0.2) is 11.5 Å². The van der Waals surface area contributed by atoms with Gasteiger partial charge < -0.3 is 14.6 Å². The van der Waals surface area contributed by atoms with Gasteiger partial charge in [-0.2, -0.15) is 5.10 Å². The molecule has 0 heterocycles. The minimum absolute atomic E-state index is 0.0105. The van der Waals surface area contributed by atoms with Crippen LogP contribution in [-0.2, 0) is 0 Å². The molecule has 2 N–H and O–H groups in total. The summed E-state index contributed by atoms with van der Waals surface area (Å²) in [5.74, 6) is 0.747. The molecule has 150 valence electrons. The topological polar surface area (TPSA) is 80.2 Å². The van der Waals surface area contributed by atoms with Gasteiger partial charge in [-0.05, 0) is 64.3 Å². The lowest BCUT2D eigenvalue weighted by Crippen LogP contribution is -2.17. The second kappa shape index (κ2) is 11.3. The largest absolute Gasteiger partial charge is 0.503 e. The summed E-state index contributed by atoms with van der Waals surface area (Å²) >= 11 is 3.24. The average Bonchev–Trinajstić information content (AvgIpc) is 2.70. The van der Waals surface area contributed by atoms with Gasteiger partial charge in [0.25, 0.3) is 5.91 Å². The molecule has 0 saturated carbocycles. The number of carbonyl (C=O) groups is 1. The van der Waals surface area contributed by atoms with Gasteiger partial charge in [0.2, 0.25) is 0 Å². The highest BCUT2D eigenvalue weighted by Crippen LogP contribution is 2.34. The van der Waals surface area contributed by atoms with Crippen LogP contribution in [0, 0.1) is 0 Å². The number of amides is 1. The van der Waals surface area contributed by atoms with E-state index in [2.05, 4.69) is 33.4 Å². The van der Waals surface area contributed by atoms with E-state index in [1.54, 1.807) is 36.4 Å². The minimum Gasteiger partial charge on any atom is -0.503 e. The van der Waals surface area contributed by atoms with Crippen LogP contribution >= 0.6 is 15.9 Å². The zero-order valence-electron chi connectivity index (χ0n) is 16.1. The Bertz CT molecular complexity index is 807. The molecular weight excluding hydrogens is 424 g/mol. The van der Waals surface area contributed by atoms with Crippen molar-refractivity contribution in [1.29, 1.82) is 0 Å². The van der Waals surface area contributed by atoms with Crippen LogP contribution in [0.5, 0.6) is 17.2 Å². The van der Waals surface area contributed by atoms with E-state index in [0.29, 0.717) is 28.0 Å². The van der Waals surface area contributed by atoms with E-state index in [0.717, 1.165) is 12.2 Å². The minimum atomic E-state index is -0.324. The standard InChI is InChI=1S/C21H25BrN2O4/c1-3-4-5-6-11-28-17-9-7-16(8-10-17)21(26)24-23-14-15-12-18(22)20(25)19(13-15)27-2/h7-10,12-14,25H,3-6,11H2,1-2H3,(H,24,26)/b23-14+. The van der Waals surface area contributed by atoms with Crippen molar-refractivity contribution in [1.82, 2.24) is 5.43 Å². The Balaban J connectivity index is 1.87. The number of carbonyl (C=O) groups excluding carboxylic acids is 1. The summed E-state index contributed by atoms with van der Waals surface area (Å²) in [6, 6.07) is 10.2. The molecule has 0 bridgehead atoms. The normalized spacial score (nSPS) is 10.8. The van der Waals surface area contributed by atoms with Crippen LogP contribution < -0.4 is 14.9 Å². The Hall–Kier alpha value is -2.54. The molecular formula is C21H25BrN2O4. The molecule has 2 aromatic rings. The van der Waals surface area contributed by atoms with E-state index in [9.17, 15) is 9.90 Å². The van der Waals surface area contributed by atoms with Gasteiger partial charge in [0, 0.05) is 5.56 Å². The Labute approximate surface area is 173 Å². The molecule has 28 heavy (non-hydrogen) atoms. The fraction of sp³-hybridized carbons (Fsp3) is 0.333. The van der Waals surface area contributed by atoms with Gasteiger partial charge >= 0.3 is 0 Å². The van der Waals surface area contributed by atoms with Gasteiger partial charge in [0.05, 0.1) is 24.4 Å². The van der Waals surface area contributed by atoms with Crippen molar-refractivity contribution in [2.75, 3.05) is 13.7 Å². The summed E-state index contributed by atoms with van der Waals surface area (Å²) in [5.41, 5.74) is 3.62. The monoisotopic (exact) mass is 448 g/mol. The predicted octanol–water partition coefficient (Wildman–Crippen LogP) is 4.89. The van der Waals surface area contributed by atoms with Crippen LogP contribution in [0.2, 0.25) is 0 Å². The van der Waals surface area contributed by atoms with E-state index >= 15 is 0 Å². The molecule has 0 unspecified atom stereocenters. The molecule has 0 saturated heterocycles. The van der Waals surface area contributed by atoms with Crippen LogP contribution in [0.1, 0.15) is 48.5 Å². The predicted molar refractivity (Wildman–Crippen MR) is 113 cm³/mol. The number of benzene rings is 2. The van der Waals surface area contributed by atoms with Crippen molar-refractivity contribution in [2.24, 2.45) is 5.10 Å². The van der Waals surface area contributed by atoms with Gasteiger partial charge in [-0.25, -0.2) is 5.43 Å². The van der Waals surface area contributed by atoms with E-state index in [-0.39, 0.29) is 11.7 Å². The number of nitrogens with zero attached hydrogens (tertiary/aromatic N) is 1. The van der Waals surface area contributed by atoms with Crippen LogP contribution in [-0.4, -0.2) is 30.9 Å². The number of halogens is 1. The molecule has 6 nitrogen and oxygen atoms in total. The van der Waals surface area contributed by atoms with Crippen molar-refractivity contribution < 1.29 is 19.4 Å².